The van der Waals surface area contributed by atoms with E-state index in [-0.39, 0.29) is 11.8 Å². The molecule has 4 nitrogen and oxygen atoms in total. The maximum Gasteiger partial charge on any atom is 0.218 e. The third-order valence-corrected chi connectivity index (χ3v) is 5.35. The Morgan fingerprint density at radius 1 is 1.21 bits per heavy atom. The Hall–Kier alpha value is -0.910. The summed E-state index contributed by atoms with van der Waals surface area (Å²) in [5.41, 5.74) is 2.03. The van der Waals surface area contributed by atoms with Crippen LogP contribution in [-0.2, 0) is 22.3 Å². The molecule has 0 radical (unpaired) electrons. The Balaban J connectivity index is 2.06. The van der Waals surface area contributed by atoms with E-state index in [0.29, 0.717) is 6.54 Å². The van der Waals surface area contributed by atoms with Crippen molar-refractivity contribution in [2.24, 2.45) is 0 Å². The number of hydrogen-bond donors (Lipinski definition) is 1. The summed E-state index contributed by atoms with van der Waals surface area (Å²) >= 11 is 0. The molecule has 0 atom stereocenters. The third-order valence-electron chi connectivity index (χ3n) is 3.38. The molecule has 0 unspecified atom stereocenters. The lowest BCUT2D eigenvalue weighted by atomic mass is 10.1. The first-order valence-corrected chi connectivity index (χ1v) is 8.39. The summed E-state index contributed by atoms with van der Waals surface area (Å²) in [4.78, 5) is 0. The van der Waals surface area contributed by atoms with Crippen LogP contribution < -0.4 is 5.32 Å². The maximum absolute atomic E-state index is 12.3. The fourth-order valence-corrected chi connectivity index (χ4v) is 4.13. The number of hydrogen-bond acceptors (Lipinski definition) is 3. The molecular formula is C14H22N2O2S. The van der Waals surface area contributed by atoms with E-state index in [1.807, 2.05) is 38.2 Å². The van der Waals surface area contributed by atoms with Crippen LogP contribution in [0.1, 0.15) is 30.9 Å². The Labute approximate surface area is 115 Å². The molecule has 5 heteroatoms. The molecule has 1 fully saturated rings. The topological polar surface area (TPSA) is 49.4 Å². The van der Waals surface area contributed by atoms with Crippen molar-refractivity contribution in [2.45, 2.75) is 38.1 Å². The van der Waals surface area contributed by atoms with Crippen molar-refractivity contribution >= 4 is 10.0 Å². The van der Waals surface area contributed by atoms with Gasteiger partial charge in [0.2, 0.25) is 10.0 Å². The Bertz CT molecular complexity index is 507. The fraction of sp³-hybridized carbons (Fsp3) is 0.571. The lowest BCUT2D eigenvalue weighted by Crippen LogP contribution is -2.33. The molecule has 0 heterocycles. The minimum atomic E-state index is -3.17. The van der Waals surface area contributed by atoms with Crippen LogP contribution in [0.5, 0.6) is 0 Å². The van der Waals surface area contributed by atoms with Crippen LogP contribution in [0.2, 0.25) is 0 Å². The summed E-state index contributed by atoms with van der Waals surface area (Å²) < 4.78 is 26.3. The van der Waals surface area contributed by atoms with E-state index >= 15 is 0 Å². The Morgan fingerprint density at radius 3 is 2.26 bits per heavy atom. The molecule has 1 aliphatic carbocycles. The van der Waals surface area contributed by atoms with E-state index in [1.165, 1.54) is 0 Å². The van der Waals surface area contributed by atoms with Gasteiger partial charge in [0, 0.05) is 19.1 Å². The van der Waals surface area contributed by atoms with Crippen molar-refractivity contribution in [1.82, 2.24) is 9.62 Å². The highest BCUT2D eigenvalue weighted by Crippen LogP contribution is 2.30. The van der Waals surface area contributed by atoms with Crippen LogP contribution in [0, 0.1) is 0 Å². The predicted molar refractivity (Wildman–Crippen MR) is 77.2 cm³/mol. The molecule has 1 saturated carbocycles. The molecule has 1 aliphatic rings. The first-order chi connectivity index (χ1) is 9.06. The molecule has 0 aromatic heterocycles. The van der Waals surface area contributed by atoms with E-state index in [9.17, 15) is 8.42 Å². The summed E-state index contributed by atoms with van der Waals surface area (Å²) in [5, 5.41) is 3.08. The summed E-state index contributed by atoms with van der Waals surface area (Å²) in [6.45, 7) is 3.28. The molecule has 19 heavy (non-hydrogen) atoms. The zero-order valence-electron chi connectivity index (χ0n) is 11.6. The quantitative estimate of drug-likeness (QED) is 0.828. The lowest BCUT2D eigenvalue weighted by molar-refractivity contribution is 0.420. The second kappa shape index (κ2) is 6.03. The maximum atomic E-state index is 12.3. The van der Waals surface area contributed by atoms with Gasteiger partial charge >= 0.3 is 0 Å². The minimum Gasteiger partial charge on any atom is -0.316 e. The van der Waals surface area contributed by atoms with Gasteiger partial charge < -0.3 is 5.32 Å². The van der Waals surface area contributed by atoms with Gasteiger partial charge in [0.1, 0.15) is 0 Å². The normalized spacial score (nSPS) is 15.9. The van der Waals surface area contributed by atoms with Crippen LogP contribution in [0.25, 0.3) is 0 Å². The second-order valence-electron chi connectivity index (χ2n) is 5.04. The zero-order chi connectivity index (χ0) is 13.9. The Morgan fingerprint density at radius 2 is 1.79 bits per heavy atom. The lowest BCUT2D eigenvalue weighted by Gasteiger charge is -2.20. The molecule has 0 bridgehead atoms. The summed E-state index contributed by atoms with van der Waals surface area (Å²) in [6.07, 6.45) is 2.02. The highest BCUT2D eigenvalue weighted by molar-refractivity contribution is 7.88. The largest absolute Gasteiger partial charge is 0.316 e. The third kappa shape index (κ3) is 3.78. The smallest absolute Gasteiger partial charge is 0.218 e. The average molecular weight is 282 g/mol. The van der Waals surface area contributed by atoms with Crippen molar-refractivity contribution in [3.63, 3.8) is 0 Å². The van der Waals surface area contributed by atoms with Gasteiger partial charge in [0.15, 0.2) is 0 Å². The molecular weight excluding hydrogens is 260 g/mol. The van der Waals surface area contributed by atoms with Crippen molar-refractivity contribution in [3.8, 4) is 0 Å². The van der Waals surface area contributed by atoms with Crippen molar-refractivity contribution in [3.05, 3.63) is 35.4 Å². The molecule has 2 rings (SSSR count). The highest BCUT2D eigenvalue weighted by atomic mass is 32.2. The number of sulfonamides is 1. The van der Waals surface area contributed by atoms with Gasteiger partial charge in [0.25, 0.3) is 0 Å². The van der Waals surface area contributed by atoms with E-state index in [2.05, 4.69) is 5.32 Å². The van der Waals surface area contributed by atoms with Gasteiger partial charge in [-0.2, -0.15) is 4.31 Å². The van der Waals surface area contributed by atoms with E-state index in [1.54, 1.807) is 4.31 Å². The van der Waals surface area contributed by atoms with Gasteiger partial charge in [-0.05, 0) is 31.0 Å². The first-order valence-electron chi connectivity index (χ1n) is 6.78. The average Bonchev–Trinajstić information content (AvgIpc) is 3.16. The van der Waals surface area contributed by atoms with Crippen LogP contribution in [0.15, 0.2) is 24.3 Å². The summed E-state index contributed by atoms with van der Waals surface area (Å²) in [6, 6.07) is 8.03. The second-order valence-corrected chi connectivity index (χ2v) is 6.96. The molecule has 1 aromatic carbocycles. The SMILES string of the molecule is CCN(C1CC1)S(=O)(=O)Cc1ccc(CNC)cc1. The molecule has 0 aliphatic heterocycles. The molecule has 1 aromatic rings. The van der Waals surface area contributed by atoms with E-state index < -0.39 is 10.0 Å². The minimum absolute atomic E-state index is 0.108. The van der Waals surface area contributed by atoms with Gasteiger partial charge in [-0.3, -0.25) is 0 Å². The van der Waals surface area contributed by atoms with Crippen LogP contribution in [0.4, 0.5) is 0 Å². The predicted octanol–water partition coefficient (Wildman–Crippen LogP) is 1.72. The van der Waals surface area contributed by atoms with Crippen LogP contribution in [0.3, 0.4) is 0 Å². The summed E-state index contributed by atoms with van der Waals surface area (Å²) in [7, 11) is -1.27. The fourth-order valence-electron chi connectivity index (χ4n) is 2.30. The van der Waals surface area contributed by atoms with Crippen LogP contribution >= 0.6 is 0 Å². The first kappa shape index (κ1) is 14.5. The van der Waals surface area contributed by atoms with E-state index in [4.69, 9.17) is 0 Å². The van der Waals surface area contributed by atoms with Crippen molar-refractivity contribution in [2.75, 3.05) is 13.6 Å². The molecule has 106 valence electrons. The Kier molecular flexibility index (Phi) is 4.60. The zero-order valence-corrected chi connectivity index (χ0v) is 12.4. The van der Waals surface area contributed by atoms with Gasteiger partial charge in [-0.15, -0.1) is 0 Å². The number of nitrogens with zero attached hydrogens (tertiary/aromatic N) is 1. The monoisotopic (exact) mass is 282 g/mol. The molecule has 1 N–H and O–H groups in total. The number of rotatable bonds is 7. The van der Waals surface area contributed by atoms with Gasteiger partial charge in [-0.25, -0.2) is 8.42 Å². The van der Waals surface area contributed by atoms with Gasteiger partial charge in [-0.1, -0.05) is 31.2 Å². The van der Waals surface area contributed by atoms with Gasteiger partial charge in [0.05, 0.1) is 5.75 Å². The number of nitrogens with one attached hydrogen (secondary N) is 1. The molecule has 0 saturated heterocycles. The van der Waals surface area contributed by atoms with Crippen molar-refractivity contribution < 1.29 is 8.42 Å². The van der Waals surface area contributed by atoms with Crippen molar-refractivity contribution in [1.29, 1.82) is 0 Å². The standard InChI is InChI=1S/C14H22N2O2S/c1-3-16(14-8-9-14)19(17,18)11-13-6-4-12(5-7-13)10-15-2/h4-7,14-15H,3,8-11H2,1-2H3. The molecule has 0 amide bonds. The number of benzene rings is 1. The van der Waals surface area contributed by atoms with Crippen LogP contribution in [-0.4, -0.2) is 32.4 Å². The molecule has 0 spiro atoms. The highest BCUT2D eigenvalue weighted by Gasteiger charge is 2.35. The summed E-state index contributed by atoms with van der Waals surface area (Å²) in [5.74, 6) is 0.108. The van der Waals surface area contributed by atoms with E-state index in [0.717, 1.165) is 30.5 Å².